The van der Waals surface area contributed by atoms with Crippen molar-refractivity contribution in [1.29, 1.82) is 0 Å². The summed E-state index contributed by atoms with van der Waals surface area (Å²) in [6.07, 6.45) is 0. The van der Waals surface area contributed by atoms with E-state index < -0.39 is 0 Å². The molecule has 1 aromatic carbocycles. The number of nitrogens with two attached hydrogens (primary N) is 1. The number of benzene rings is 1. The summed E-state index contributed by atoms with van der Waals surface area (Å²) in [6.45, 7) is 12.3. The van der Waals surface area contributed by atoms with Gasteiger partial charge in [-0.05, 0) is 31.5 Å². The Bertz CT molecular complexity index is 611. The van der Waals surface area contributed by atoms with Gasteiger partial charge in [-0.1, -0.05) is 44.2 Å². The van der Waals surface area contributed by atoms with Crippen LogP contribution in [0.15, 0.2) is 24.3 Å². The van der Waals surface area contributed by atoms with E-state index in [4.69, 9.17) is 10.7 Å². The van der Waals surface area contributed by atoms with E-state index in [1.165, 1.54) is 16.1 Å². The zero-order chi connectivity index (χ0) is 15.6. The standard InChI is InChI=1S/C17H25N3S/c1-6-20(13-9-7-8-12(2)10-13)16-19-15(17(3,4)5)14(11-18)21-16/h7-10H,6,11,18H2,1-5H3. The molecule has 0 amide bonds. The van der Waals surface area contributed by atoms with E-state index in [0.717, 1.165) is 17.4 Å². The summed E-state index contributed by atoms with van der Waals surface area (Å²) in [7, 11) is 0. The van der Waals surface area contributed by atoms with Crippen molar-refractivity contribution in [3.63, 3.8) is 0 Å². The predicted octanol–water partition coefficient (Wildman–Crippen LogP) is 4.37. The average molecular weight is 303 g/mol. The van der Waals surface area contributed by atoms with Gasteiger partial charge in [0.2, 0.25) is 0 Å². The normalized spacial score (nSPS) is 11.7. The van der Waals surface area contributed by atoms with Gasteiger partial charge in [0, 0.05) is 29.1 Å². The van der Waals surface area contributed by atoms with E-state index in [1.807, 2.05) is 0 Å². The van der Waals surface area contributed by atoms with Gasteiger partial charge in [-0.15, -0.1) is 0 Å². The Hall–Kier alpha value is -1.39. The predicted molar refractivity (Wildman–Crippen MR) is 92.6 cm³/mol. The van der Waals surface area contributed by atoms with E-state index in [9.17, 15) is 0 Å². The highest BCUT2D eigenvalue weighted by molar-refractivity contribution is 7.15. The van der Waals surface area contributed by atoms with Crippen LogP contribution in [-0.4, -0.2) is 11.5 Å². The zero-order valence-electron chi connectivity index (χ0n) is 13.6. The van der Waals surface area contributed by atoms with Gasteiger partial charge < -0.3 is 10.6 Å². The Labute approximate surface area is 131 Å². The van der Waals surface area contributed by atoms with Gasteiger partial charge >= 0.3 is 0 Å². The van der Waals surface area contributed by atoms with Crippen LogP contribution in [0.1, 0.15) is 43.8 Å². The molecule has 0 spiro atoms. The van der Waals surface area contributed by atoms with Gasteiger partial charge in [0.1, 0.15) is 0 Å². The number of thiazole rings is 1. The molecular weight excluding hydrogens is 278 g/mol. The Morgan fingerprint density at radius 1 is 1.29 bits per heavy atom. The number of anilines is 2. The van der Waals surface area contributed by atoms with E-state index in [0.29, 0.717) is 6.54 Å². The second-order valence-electron chi connectivity index (χ2n) is 6.31. The summed E-state index contributed by atoms with van der Waals surface area (Å²) in [5, 5.41) is 1.04. The van der Waals surface area contributed by atoms with Crippen molar-refractivity contribution in [2.75, 3.05) is 11.4 Å². The summed E-state index contributed by atoms with van der Waals surface area (Å²) in [4.78, 5) is 8.33. The lowest BCUT2D eigenvalue weighted by Gasteiger charge is -2.21. The largest absolute Gasteiger partial charge is 0.326 e. The maximum absolute atomic E-state index is 5.92. The fourth-order valence-electron chi connectivity index (χ4n) is 2.40. The molecule has 0 fully saturated rings. The molecule has 0 bridgehead atoms. The molecule has 0 aliphatic rings. The molecule has 0 saturated carbocycles. The van der Waals surface area contributed by atoms with Gasteiger partial charge in [0.15, 0.2) is 5.13 Å². The Morgan fingerprint density at radius 3 is 2.48 bits per heavy atom. The summed E-state index contributed by atoms with van der Waals surface area (Å²) in [5.41, 5.74) is 9.51. The number of nitrogens with zero attached hydrogens (tertiary/aromatic N) is 2. The molecule has 114 valence electrons. The molecule has 4 heteroatoms. The minimum absolute atomic E-state index is 0.0233. The summed E-state index contributed by atoms with van der Waals surface area (Å²) in [6, 6.07) is 8.54. The van der Waals surface area contributed by atoms with Crippen LogP contribution in [0.4, 0.5) is 10.8 Å². The molecule has 0 saturated heterocycles. The first-order valence-electron chi connectivity index (χ1n) is 7.41. The van der Waals surface area contributed by atoms with Crippen LogP contribution in [0.3, 0.4) is 0 Å². The molecule has 21 heavy (non-hydrogen) atoms. The van der Waals surface area contributed by atoms with Crippen LogP contribution < -0.4 is 10.6 Å². The van der Waals surface area contributed by atoms with E-state index >= 15 is 0 Å². The first kappa shape index (κ1) is 16.0. The van der Waals surface area contributed by atoms with Crippen LogP contribution in [0.25, 0.3) is 0 Å². The van der Waals surface area contributed by atoms with Crippen molar-refractivity contribution in [1.82, 2.24) is 4.98 Å². The second kappa shape index (κ2) is 6.16. The number of hydrogen-bond donors (Lipinski definition) is 1. The number of hydrogen-bond acceptors (Lipinski definition) is 4. The highest BCUT2D eigenvalue weighted by Gasteiger charge is 2.24. The zero-order valence-corrected chi connectivity index (χ0v) is 14.4. The van der Waals surface area contributed by atoms with Gasteiger partial charge in [0.25, 0.3) is 0 Å². The molecule has 2 aromatic rings. The Morgan fingerprint density at radius 2 is 2.00 bits per heavy atom. The fraction of sp³-hybridized carbons (Fsp3) is 0.471. The van der Waals surface area contributed by atoms with Crippen LogP contribution in [0, 0.1) is 6.92 Å². The third-order valence-electron chi connectivity index (χ3n) is 3.44. The summed E-state index contributed by atoms with van der Waals surface area (Å²) < 4.78 is 0. The van der Waals surface area contributed by atoms with E-state index in [-0.39, 0.29) is 5.41 Å². The van der Waals surface area contributed by atoms with Gasteiger partial charge in [-0.2, -0.15) is 0 Å². The van der Waals surface area contributed by atoms with Gasteiger partial charge in [-0.25, -0.2) is 4.98 Å². The lowest BCUT2D eigenvalue weighted by Crippen LogP contribution is -2.18. The second-order valence-corrected chi connectivity index (χ2v) is 7.37. The van der Waals surface area contributed by atoms with Crippen LogP contribution in [0.2, 0.25) is 0 Å². The van der Waals surface area contributed by atoms with Crippen molar-refractivity contribution in [3.8, 4) is 0 Å². The van der Waals surface area contributed by atoms with E-state index in [1.54, 1.807) is 11.3 Å². The molecule has 0 aliphatic heterocycles. The smallest absolute Gasteiger partial charge is 0.190 e. The lowest BCUT2D eigenvalue weighted by molar-refractivity contribution is 0.566. The topological polar surface area (TPSA) is 42.2 Å². The maximum atomic E-state index is 5.92. The van der Waals surface area contributed by atoms with E-state index in [2.05, 4.69) is 63.8 Å². The SMILES string of the molecule is CCN(c1cccc(C)c1)c1nc(C(C)(C)C)c(CN)s1. The van der Waals surface area contributed by atoms with Crippen molar-refractivity contribution in [2.45, 2.75) is 46.6 Å². The Balaban J connectivity index is 2.46. The molecule has 0 aliphatic carbocycles. The Kier molecular flexibility index (Phi) is 4.69. The average Bonchev–Trinajstić information content (AvgIpc) is 2.84. The first-order valence-corrected chi connectivity index (χ1v) is 8.23. The van der Waals surface area contributed by atoms with Crippen LogP contribution in [0.5, 0.6) is 0 Å². The molecule has 1 heterocycles. The monoisotopic (exact) mass is 303 g/mol. The van der Waals surface area contributed by atoms with Crippen molar-refractivity contribution >= 4 is 22.2 Å². The molecule has 1 aromatic heterocycles. The fourth-order valence-corrected chi connectivity index (χ4v) is 3.64. The summed E-state index contributed by atoms with van der Waals surface area (Å²) >= 11 is 1.71. The van der Waals surface area contributed by atoms with Crippen molar-refractivity contribution in [2.24, 2.45) is 5.73 Å². The van der Waals surface area contributed by atoms with Gasteiger partial charge in [-0.3, -0.25) is 0 Å². The third-order valence-corrected chi connectivity index (χ3v) is 4.54. The molecule has 3 nitrogen and oxygen atoms in total. The molecule has 2 rings (SSSR count). The van der Waals surface area contributed by atoms with Crippen LogP contribution >= 0.6 is 11.3 Å². The molecular formula is C17H25N3S. The van der Waals surface area contributed by atoms with Crippen molar-refractivity contribution in [3.05, 3.63) is 40.4 Å². The quantitative estimate of drug-likeness (QED) is 0.912. The minimum Gasteiger partial charge on any atom is -0.326 e. The number of aryl methyl sites for hydroxylation is 1. The van der Waals surface area contributed by atoms with Crippen LogP contribution in [-0.2, 0) is 12.0 Å². The molecule has 0 radical (unpaired) electrons. The summed E-state index contributed by atoms with van der Waals surface area (Å²) in [5.74, 6) is 0. The highest BCUT2D eigenvalue weighted by atomic mass is 32.1. The number of rotatable bonds is 4. The molecule has 2 N–H and O–H groups in total. The lowest BCUT2D eigenvalue weighted by atomic mass is 9.91. The van der Waals surface area contributed by atoms with Gasteiger partial charge in [0.05, 0.1) is 5.69 Å². The number of aromatic nitrogens is 1. The minimum atomic E-state index is 0.0233. The maximum Gasteiger partial charge on any atom is 0.190 e. The third kappa shape index (κ3) is 3.44. The molecule has 0 unspecified atom stereocenters. The van der Waals surface area contributed by atoms with Crippen molar-refractivity contribution < 1.29 is 0 Å². The first-order chi connectivity index (χ1) is 9.86. The molecule has 0 atom stereocenters. The highest BCUT2D eigenvalue weighted by Crippen LogP contribution is 2.36.